The molecule has 0 aromatic carbocycles. The highest BCUT2D eigenvalue weighted by Gasteiger charge is 2.18. The largest absolute Gasteiger partial charge is 0.305 e. The van der Waals surface area contributed by atoms with Crippen LogP contribution in [0.1, 0.15) is 17.7 Å². The third kappa shape index (κ3) is 1.74. The van der Waals surface area contributed by atoms with Crippen molar-refractivity contribution in [1.82, 2.24) is 15.0 Å². The van der Waals surface area contributed by atoms with Crippen LogP contribution in [-0.4, -0.2) is 15.0 Å². The summed E-state index contributed by atoms with van der Waals surface area (Å²) < 4.78 is 0. The van der Waals surface area contributed by atoms with Gasteiger partial charge in [-0.3, -0.25) is 9.78 Å². The van der Waals surface area contributed by atoms with Gasteiger partial charge < -0.3 is 4.98 Å². The monoisotopic (exact) mass is 247 g/mol. The molecule has 0 radical (unpaired) electrons. The number of nitrogens with zero attached hydrogens (tertiary/aromatic N) is 2. The molecule has 0 aliphatic heterocycles. The molecule has 0 atom stereocenters. The lowest BCUT2D eigenvalue weighted by molar-refractivity contribution is 0.899. The SMILES string of the molecule is O=c1[nH]c(-c2ncccc2Cl)nc2c1CCC2. The van der Waals surface area contributed by atoms with Crippen LogP contribution in [0.15, 0.2) is 23.1 Å². The van der Waals surface area contributed by atoms with Gasteiger partial charge in [0.25, 0.3) is 5.56 Å². The number of hydrogen-bond donors (Lipinski definition) is 1. The zero-order valence-electron chi connectivity index (χ0n) is 9.03. The van der Waals surface area contributed by atoms with Crippen molar-refractivity contribution < 1.29 is 0 Å². The van der Waals surface area contributed by atoms with Crippen LogP contribution >= 0.6 is 11.6 Å². The first-order valence-electron chi connectivity index (χ1n) is 5.48. The number of halogens is 1. The quantitative estimate of drug-likeness (QED) is 0.838. The fraction of sp³-hybridized carbons (Fsp3) is 0.250. The van der Waals surface area contributed by atoms with E-state index in [9.17, 15) is 4.79 Å². The molecule has 0 unspecified atom stereocenters. The van der Waals surface area contributed by atoms with Gasteiger partial charge in [-0.25, -0.2) is 4.98 Å². The van der Waals surface area contributed by atoms with E-state index in [1.807, 2.05) is 0 Å². The van der Waals surface area contributed by atoms with Gasteiger partial charge in [-0.1, -0.05) is 11.6 Å². The predicted molar refractivity (Wildman–Crippen MR) is 65.1 cm³/mol. The molecule has 1 aliphatic carbocycles. The van der Waals surface area contributed by atoms with Gasteiger partial charge in [0, 0.05) is 11.8 Å². The average Bonchev–Trinajstić information content (AvgIpc) is 2.78. The molecule has 4 nitrogen and oxygen atoms in total. The van der Waals surface area contributed by atoms with Crippen LogP contribution in [0, 0.1) is 0 Å². The molecule has 0 bridgehead atoms. The molecule has 0 amide bonds. The van der Waals surface area contributed by atoms with Crippen LogP contribution < -0.4 is 5.56 Å². The lowest BCUT2D eigenvalue weighted by Crippen LogP contribution is -2.15. The summed E-state index contributed by atoms with van der Waals surface area (Å²) in [7, 11) is 0. The molecule has 1 N–H and O–H groups in total. The first-order chi connectivity index (χ1) is 8.25. The predicted octanol–water partition coefficient (Wildman–Crippen LogP) is 1.97. The number of aryl methyl sites for hydroxylation is 1. The van der Waals surface area contributed by atoms with Gasteiger partial charge >= 0.3 is 0 Å². The molecule has 0 spiro atoms. The Morgan fingerprint density at radius 2 is 2.24 bits per heavy atom. The Balaban J connectivity index is 2.20. The number of hydrogen-bond acceptors (Lipinski definition) is 3. The van der Waals surface area contributed by atoms with Crippen LogP contribution in [0.25, 0.3) is 11.5 Å². The van der Waals surface area contributed by atoms with Gasteiger partial charge in [0.05, 0.1) is 10.7 Å². The van der Waals surface area contributed by atoms with Crippen molar-refractivity contribution >= 4 is 11.6 Å². The molecule has 2 aromatic heterocycles. The fourth-order valence-electron chi connectivity index (χ4n) is 2.11. The zero-order valence-corrected chi connectivity index (χ0v) is 9.79. The van der Waals surface area contributed by atoms with Crippen LogP contribution in [-0.2, 0) is 12.8 Å². The van der Waals surface area contributed by atoms with Crippen LogP contribution in [0.5, 0.6) is 0 Å². The molecule has 0 fully saturated rings. The lowest BCUT2D eigenvalue weighted by Gasteiger charge is -2.04. The molecule has 3 rings (SSSR count). The number of aromatic amines is 1. The number of H-pyrrole nitrogens is 1. The third-order valence-electron chi connectivity index (χ3n) is 2.92. The van der Waals surface area contributed by atoms with E-state index in [4.69, 9.17) is 11.6 Å². The van der Waals surface area contributed by atoms with Crippen molar-refractivity contribution in [2.45, 2.75) is 19.3 Å². The van der Waals surface area contributed by atoms with E-state index < -0.39 is 0 Å². The van der Waals surface area contributed by atoms with Crippen LogP contribution in [0.4, 0.5) is 0 Å². The van der Waals surface area contributed by atoms with Crippen LogP contribution in [0.3, 0.4) is 0 Å². The van der Waals surface area contributed by atoms with Crippen molar-refractivity contribution in [3.8, 4) is 11.5 Å². The number of fused-ring (bicyclic) bond motifs is 1. The van der Waals surface area contributed by atoms with E-state index in [2.05, 4.69) is 15.0 Å². The maximum atomic E-state index is 11.9. The highest BCUT2D eigenvalue weighted by Crippen LogP contribution is 2.23. The minimum absolute atomic E-state index is 0.0655. The van der Waals surface area contributed by atoms with Crippen molar-refractivity contribution in [2.24, 2.45) is 0 Å². The maximum Gasteiger partial charge on any atom is 0.254 e. The van der Waals surface area contributed by atoms with E-state index >= 15 is 0 Å². The summed E-state index contributed by atoms with van der Waals surface area (Å²) in [5.74, 6) is 0.459. The summed E-state index contributed by atoms with van der Waals surface area (Å²) in [6.07, 6.45) is 4.30. The van der Waals surface area contributed by atoms with E-state index in [0.29, 0.717) is 16.5 Å². The number of aromatic nitrogens is 3. The molecule has 86 valence electrons. The van der Waals surface area contributed by atoms with Crippen molar-refractivity contribution in [2.75, 3.05) is 0 Å². The summed E-state index contributed by atoms with van der Waals surface area (Å²) in [5.41, 5.74) is 2.15. The summed E-state index contributed by atoms with van der Waals surface area (Å²) in [6.45, 7) is 0. The Bertz CT molecular complexity index is 636. The zero-order chi connectivity index (χ0) is 11.8. The minimum Gasteiger partial charge on any atom is -0.305 e. The average molecular weight is 248 g/mol. The number of nitrogens with one attached hydrogen (secondary N) is 1. The maximum absolute atomic E-state index is 11.9. The Morgan fingerprint density at radius 3 is 3.06 bits per heavy atom. The normalized spacial score (nSPS) is 13.7. The van der Waals surface area contributed by atoms with Crippen molar-refractivity contribution in [1.29, 1.82) is 0 Å². The third-order valence-corrected chi connectivity index (χ3v) is 3.23. The van der Waals surface area contributed by atoms with Gasteiger partial charge in [-0.15, -0.1) is 0 Å². The van der Waals surface area contributed by atoms with Crippen molar-refractivity contribution in [3.05, 3.63) is 45.0 Å². The van der Waals surface area contributed by atoms with E-state index in [1.165, 1.54) is 0 Å². The first-order valence-corrected chi connectivity index (χ1v) is 5.86. The Morgan fingerprint density at radius 1 is 1.35 bits per heavy atom. The summed E-state index contributed by atoms with van der Waals surface area (Å²) in [4.78, 5) is 23.2. The smallest absolute Gasteiger partial charge is 0.254 e. The Labute approximate surface area is 103 Å². The van der Waals surface area contributed by atoms with Crippen LogP contribution in [0.2, 0.25) is 5.02 Å². The number of pyridine rings is 1. The van der Waals surface area contributed by atoms with Gasteiger partial charge in [0.2, 0.25) is 0 Å². The Hall–Kier alpha value is -1.68. The highest BCUT2D eigenvalue weighted by atomic mass is 35.5. The molecular weight excluding hydrogens is 238 g/mol. The molecule has 5 heteroatoms. The van der Waals surface area contributed by atoms with Crippen molar-refractivity contribution in [3.63, 3.8) is 0 Å². The molecular formula is C12H10ClN3O. The second kappa shape index (κ2) is 3.96. The second-order valence-corrected chi connectivity index (χ2v) is 4.43. The van der Waals surface area contributed by atoms with Gasteiger partial charge in [-0.05, 0) is 31.4 Å². The number of rotatable bonds is 1. The Kier molecular flexibility index (Phi) is 2.44. The first kappa shape index (κ1) is 10.5. The topological polar surface area (TPSA) is 58.6 Å². The standard InChI is InChI=1S/C12H10ClN3O/c13-8-4-2-6-14-10(8)11-15-9-5-1-3-7(9)12(17)16-11/h2,4,6H,1,3,5H2,(H,15,16,17). The fourth-order valence-corrected chi connectivity index (χ4v) is 2.32. The summed E-state index contributed by atoms with van der Waals surface area (Å²) >= 11 is 6.04. The summed E-state index contributed by atoms with van der Waals surface area (Å²) in [6, 6.07) is 3.48. The van der Waals surface area contributed by atoms with E-state index in [-0.39, 0.29) is 5.56 Å². The molecule has 2 aromatic rings. The van der Waals surface area contributed by atoms with Gasteiger partial charge in [-0.2, -0.15) is 0 Å². The second-order valence-electron chi connectivity index (χ2n) is 4.03. The highest BCUT2D eigenvalue weighted by molar-refractivity contribution is 6.32. The molecule has 17 heavy (non-hydrogen) atoms. The van der Waals surface area contributed by atoms with Gasteiger partial charge in [0.1, 0.15) is 5.69 Å². The van der Waals surface area contributed by atoms with E-state index in [1.54, 1.807) is 18.3 Å². The van der Waals surface area contributed by atoms with E-state index in [0.717, 1.165) is 30.5 Å². The summed E-state index contributed by atoms with van der Waals surface area (Å²) in [5, 5.41) is 0.494. The molecule has 0 saturated carbocycles. The lowest BCUT2D eigenvalue weighted by atomic mass is 10.2. The minimum atomic E-state index is -0.0655. The van der Waals surface area contributed by atoms with Gasteiger partial charge in [0.15, 0.2) is 5.82 Å². The molecule has 2 heterocycles. The molecule has 1 aliphatic rings. The molecule has 0 saturated heterocycles.